The van der Waals surface area contributed by atoms with Crippen LogP contribution in [0, 0.1) is 0 Å². The molecule has 6 heteroatoms. The van der Waals surface area contributed by atoms with E-state index in [0.29, 0.717) is 6.10 Å². The number of amides is 1. The normalized spacial score (nSPS) is 25.6. The van der Waals surface area contributed by atoms with Crippen molar-refractivity contribution >= 4 is 5.91 Å². The second kappa shape index (κ2) is 7.29. The molecule has 1 aromatic rings. The van der Waals surface area contributed by atoms with Gasteiger partial charge in [0, 0.05) is 26.2 Å². The van der Waals surface area contributed by atoms with Crippen LogP contribution in [-0.2, 0) is 9.53 Å². The van der Waals surface area contributed by atoms with Crippen molar-refractivity contribution in [2.45, 2.75) is 37.5 Å². The zero-order chi connectivity index (χ0) is 16.2. The zero-order valence-corrected chi connectivity index (χ0v) is 13.7. The molecule has 2 N–H and O–H groups in total. The van der Waals surface area contributed by atoms with Crippen molar-refractivity contribution in [2.75, 3.05) is 27.3 Å². The minimum absolute atomic E-state index is 0.121. The number of hydrogen-bond acceptors (Lipinski definition) is 5. The lowest BCUT2D eigenvalue weighted by atomic mass is 10.00. The third-order valence-electron chi connectivity index (χ3n) is 4.78. The Morgan fingerprint density at radius 3 is 2.70 bits per heavy atom. The Hall–Kier alpha value is -1.63. The number of carbonyl (C=O) groups excluding carboxylic acids is 1. The first-order valence-corrected chi connectivity index (χ1v) is 8.18. The Kier molecular flexibility index (Phi) is 5.15. The second-order valence-electron chi connectivity index (χ2n) is 6.17. The van der Waals surface area contributed by atoms with Crippen LogP contribution in [0.5, 0.6) is 5.75 Å². The van der Waals surface area contributed by atoms with Crippen molar-refractivity contribution in [1.29, 1.82) is 0 Å². The van der Waals surface area contributed by atoms with Gasteiger partial charge in [-0.1, -0.05) is 12.1 Å². The van der Waals surface area contributed by atoms with E-state index in [1.54, 1.807) is 14.2 Å². The molecule has 0 radical (unpaired) electrons. The molecule has 0 aliphatic carbocycles. The SMILES string of the molecule is COc1cccc(C2CC(C(=O)N3CCC(OC)CC3)NN2)c1. The lowest BCUT2D eigenvalue weighted by Crippen LogP contribution is -2.49. The molecule has 1 aromatic carbocycles. The summed E-state index contributed by atoms with van der Waals surface area (Å²) in [5, 5.41) is 0. The number of piperidine rings is 1. The van der Waals surface area contributed by atoms with Crippen molar-refractivity contribution in [3.8, 4) is 5.75 Å². The topological polar surface area (TPSA) is 62.8 Å². The van der Waals surface area contributed by atoms with Crippen molar-refractivity contribution in [3.05, 3.63) is 29.8 Å². The summed E-state index contributed by atoms with van der Waals surface area (Å²) in [6, 6.07) is 7.91. The fraction of sp³-hybridized carbons (Fsp3) is 0.588. The van der Waals surface area contributed by atoms with Crippen LogP contribution in [0.25, 0.3) is 0 Å². The van der Waals surface area contributed by atoms with E-state index < -0.39 is 0 Å². The molecule has 2 fully saturated rings. The number of nitrogens with one attached hydrogen (secondary N) is 2. The molecule has 23 heavy (non-hydrogen) atoms. The zero-order valence-electron chi connectivity index (χ0n) is 13.7. The Morgan fingerprint density at radius 1 is 1.22 bits per heavy atom. The molecule has 2 aliphatic rings. The summed E-state index contributed by atoms with van der Waals surface area (Å²) < 4.78 is 10.6. The van der Waals surface area contributed by atoms with Gasteiger partial charge in [0.15, 0.2) is 0 Å². The largest absolute Gasteiger partial charge is 0.497 e. The maximum absolute atomic E-state index is 12.7. The molecule has 6 nitrogen and oxygen atoms in total. The summed E-state index contributed by atoms with van der Waals surface area (Å²) in [7, 11) is 3.40. The summed E-state index contributed by atoms with van der Waals surface area (Å²) >= 11 is 0. The average Bonchev–Trinajstić information content (AvgIpc) is 3.11. The summed E-state index contributed by atoms with van der Waals surface area (Å²) in [6.45, 7) is 1.55. The molecule has 2 aliphatic heterocycles. The fourth-order valence-electron chi connectivity index (χ4n) is 3.33. The molecule has 2 heterocycles. The van der Waals surface area contributed by atoms with Gasteiger partial charge >= 0.3 is 0 Å². The Bertz CT molecular complexity index is 544. The molecule has 2 atom stereocenters. The van der Waals surface area contributed by atoms with E-state index in [0.717, 1.165) is 43.7 Å². The first kappa shape index (κ1) is 16.2. The van der Waals surface area contributed by atoms with Crippen LogP contribution in [0.15, 0.2) is 24.3 Å². The minimum atomic E-state index is -0.176. The quantitative estimate of drug-likeness (QED) is 0.874. The number of carbonyl (C=O) groups is 1. The first-order chi connectivity index (χ1) is 11.2. The molecular formula is C17H25N3O3. The highest BCUT2D eigenvalue weighted by molar-refractivity contribution is 5.82. The Balaban J connectivity index is 1.57. The van der Waals surface area contributed by atoms with E-state index in [2.05, 4.69) is 16.9 Å². The second-order valence-corrected chi connectivity index (χ2v) is 6.17. The van der Waals surface area contributed by atoms with Gasteiger partial charge in [0.2, 0.25) is 5.91 Å². The van der Waals surface area contributed by atoms with E-state index in [4.69, 9.17) is 9.47 Å². The van der Waals surface area contributed by atoms with Gasteiger partial charge in [-0.15, -0.1) is 0 Å². The van der Waals surface area contributed by atoms with E-state index >= 15 is 0 Å². The van der Waals surface area contributed by atoms with Crippen molar-refractivity contribution in [2.24, 2.45) is 0 Å². The summed E-state index contributed by atoms with van der Waals surface area (Å²) in [5.41, 5.74) is 7.52. The third kappa shape index (κ3) is 3.65. The van der Waals surface area contributed by atoms with E-state index in [1.165, 1.54) is 0 Å². The van der Waals surface area contributed by atoms with Crippen LogP contribution in [-0.4, -0.2) is 50.3 Å². The molecule has 0 bridgehead atoms. The van der Waals surface area contributed by atoms with Crippen molar-refractivity contribution in [3.63, 3.8) is 0 Å². The van der Waals surface area contributed by atoms with Gasteiger partial charge in [0.25, 0.3) is 0 Å². The number of methoxy groups -OCH3 is 2. The maximum atomic E-state index is 12.7. The van der Waals surface area contributed by atoms with Crippen LogP contribution in [0.1, 0.15) is 30.9 Å². The van der Waals surface area contributed by atoms with Crippen molar-refractivity contribution < 1.29 is 14.3 Å². The number of nitrogens with zero attached hydrogens (tertiary/aromatic N) is 1. The van der Waals surface area contributed by atoms with Crippen LogP contribution >= 0.6 is 0 Å². The summed E-state index contributed by atoms with van der Waals surface area (Å²) in [5.74, 6) is 1.01. The molecule has 0 aromatic heterocycles. The highest BCUT2D eigenvalue weighted by atomic mass is 16.5. The van der Waals surface area contributed by atoms with Crippen LogP contribution in [0.2, 0.25) is 0 Å². The fourth-order valence-corrected chi connectivity index (χ4v) is 3.33. The standard InChI is InChI=1S/C17H25N3O3/c1-22-13-6-8-20(9-7-13)17(21)16-11-15(18-19-16)12-4-3-5-14(10-12)23-2/h3-5,10,13,15-16,18-19H,6-9,11H2,1-2H3. The molecule has 0 spiro atoms. The first-order valence-electron chi connectivity index (χ1n) is 8.18. The number of ether oxygens (including phenoxy) is 2. The van der Waals surface area contributed by atoms with Gasteiger partial charge in [-0.05, 0) is 37.0 Å². The van der Waals surface area contributed by atoms with Crippen LogP contribution < -0.4 is 15.6 Å². The summed E-state index contributed by atoms with van der Waals surface area (Å²) in [4.78, 5) is 14.6. The van der Waals surface area contributed by atoms with Crippen LogP contribution in [0.4, 0.5) is 0 Å². The van der Waals surface area contributed by atoms with Gasteiger partial charge in [-0.25, -0.2) is 10.9 Å². The third-order valence-corrected chi connectivity index (χ3v) is 4.78. The van der Waals surface area contributed by atoms with E-state index in [9.17, 15) is 4.79 Å². The number of benzene rings is 1. The molecule has 0 saturated carbocycles. The monoisotopic (exact) mass is 319 g/mol. The average molecular weight is 319 g/mol. The molecule has 2 saturated heterocycles. The Morgan fingerprint density at radius 2 is 2.00 bits per heavy atom. The number of rotatable bonds is 4. The highest BCUT2D eigenvalue weighted by Gasteiger charge is 2.34. The lowest BCUT2D eigenvalue weighted by Gasteiger charge is -2.32. The van der Waals surface area contributed by atoms with Gasteiger partial charge in [0.05, 0.1) is 13.2 Å². The Labute approximate surface area is 137 Å². The van der Waals surface area contributed by atoms with Gasteiger partial charge in [-0.3, -0.25) is 4.79 Å². The maximum Gasteiger partial charge on any atom is 0.241 e. The molecule has 126 valence electrons. The van der Waals surface area contributed by atoms with E-state index in [-0.39, 0.29) is 18.0 Å². The smallest absolute Gasteiger partial charge is 0.241 e. The van der Waals surface area contributed by atoms with E-state index in [1.807, 2.05) is 23.1 Å². The number of hydrogen-bond donors (Lipinski definition) is 2. The van der Waals surface area contributed by atoms with Gasteiger partial charge in [-0.2, -0.15) is 0 Å². The molecular weight excluding hydrogens is 294 g/mol. The lowest BCUT2D eigenvalue weighted by molar-refractivity contribution is -0.135. The predicted octanol–water partition coefficient (Wildman–Crippen LogP) is 1.24. The highest BCUT2D eigenvalue weighted by Crippen LogP contribution is 2.26. The van der Waals surface area contributed by atoms with Gasteiger partial charge < -0.3 is 14.4 Å². The summed E-state index contributed by atoms with van der Waals surface area (Å²) in [6.07, 6.45) is 2.87. The van der Waals surface area contributed by atoms with Crippen molar-refractivity contribution in [1.82, 2.24) is 15.8 Å². The number of hydrazine groups is 1. The minimum Gasteiger partial charge on any atom is -0.497 e. The van der Waals surface area contributed by atoms with Crippen LogP contribution in [0.3, 0.4) is 0 Å². The van der Waals surface area contributed by atoms with Gasteiger partial charge in [0.1, 0.15) is 11.8 Å². The molecule has 3 rings (SSSR count). The number of likely N-dealkylation sites (tertiary alicyclic amines) is 1. The molecule has 1 amide bonds. The predicted molar refractivity (Wildman–Crippen MR) is 87.0 cm³/mol. The molecule has 2 unspecified atom stereocenters.